The highest BCUT2D eigenvalue weighted by Gasteiger charge is 2.33. The number of rotatable bonds is 4. The number of carbonyl (C=O) groups is 1. The Balaban J connectivity index is 1.53. The van der Waals surface area contributed by atoms with Gasteiger partial charge in [0.05, 0.1) is 17.0 Å². The van der Waals surface area contributed by atoms with Crippen molar-refractivity contribution in [3.8, 4) is 0 Å². The molecular weight excluding hydrogens is 473 g/mol. The quantitative estimate of drug-likeness (QED) is 0.407. The summed E-state index contributed by atoms with van der Waals surface area (Å²) < 4.78 is 15.1. The Bertz CT molecular complexity index is 1360. The van der Waals surface area contributed by atoms with Crippen LogP contribution in [0.1, 0.15) is 11.1 Å². The van der Waals surface area contributed by atoms with E-state index in [2.05, 4.69) is 16.8 Å². The van der Waals surface area contributed by atoms with Crippen LogP contribution in [0, 0.1) is 5.82 Å². The molecule has 1 aromatic carbocycles. The van der Waals surface area contributed by atoms with Crippen LogP contribution in [-0.4, -0.2) is 62.6 Å². The number of halogens is 1. The lowest BCUT2D eigenvalue weighted by atomic mass is 10.2. The molecule has 10 heteroatoms. The van der Waals surface area contributed by atoms with Gasteiger partial charge in [0.2, 0.25) is 0 Å². The molecule has 0 N–H and O–H groups in total. The molecule has 1 amide bonds. The van der Waals surface area contributed by atoms with Crippen LogP contribution in [0.2, 0.25) is 0 Å². The third-order valence-corrected chi connectivity index (χ3v) is 7.33. The number of fused-ring (bicyclic) bond motifs is 1. The van der Waals surface area contributed by atoms with Crippen LogP contribution < -0.4 is 10.5 Å². The van der Waals surface area contributed by atoms with Crippen molar-refractivity contribution in [3.63, 3.8) is 0 Å². The fourth-order valence-corrected chi connectivity index (χ4v) is 5.25. The van der Waals surface area contributed by atoms with E-state index in [4.69, 9.17) is 17.2 Å². The normalized spacial score (nSPS) is 18.5. The molecule has 3 aromatic rings. The molecule has 4 heterocycles. The van der Waals surface area contributed by atoms with Crippen LogP contribution >= 0.6 is 24.0 Å². The number of nitrogens with zero attached hydrogens (tertiary/aromatic N) is 5. The first-order valence-electron chi connectivity index (χ1n) is 10.9. The van der Waals surface area contributed by atoms with E-state index in [1.54, 1.807) is 36.5 Å². The third kappa shape index (κ3) is 4.36. The van der Waals surface area contributed by atoms with Crippen LogP contribution in [0.3, 0.4) is 0 Å². The van der Waals surface area contributed by atoms with Gasteiger partial charge in [0, 0.05) is 32.4 Å². The molecule has 2 aromatic heterocycles. The van der Waals surface area contributed by atoms with Crippen LogP contribution in [0.25, 0.3) is 11.7 Å². The maximum Gasteiger partial charge on any atom is 0.267 e. The summed E-state index contributed by atoms with van der Waals surface area (Å²) in [6, 6.07) is 11.4. The first-order valence-corrected chi connectivity index (χ1v) is 12.1. The van der Waals surface area contributed by atoms with Gasteiger partial charge in [-0.2, -0.15) is 0 Å². The zero-order chi connectivity index (χ0) is 23.8. The monoisotopic (exact) mass is 495 g/mol. The fraction of sp³-hybridized carbons (Fsp3) is 0.250. The second kappa shape index (κ2) is 9.28. The molecule has 0 radical (unpaired) electrons. The van der Waals surface area contributed by atoms with Crippen molar-refractivity contribution < 1.29 is 9.18 Å². The lowest BCUT2D eigenvalue weighted by molar-refractivity contribution is -0.122. The highest BCUT2D eigenvalue weighted by Crippen LogP contribution is 2.34. The van der Waals surface area contributed by atoms with E-state index in [1.807, 2.05) is 6.07 Å². The smallest absolute Gasteiger partial charge is 0.267 e. The number of aromatic nitrogens is 2. The lowest BCUT2D eigenvalue weighted by Crippen LogP contribution is -2.45. The summed E-state index contributed by atoms with van der Waals surface area (Å²) in [5.41, 5.74) is 1.46. The molecule has 2 fully saturated rings. The second-order valence-electron chi connectivity index (χ2n) is 8.27. The number of amides is 1. The Morgan fingerprint density at radius 2 is 1.82 bits per heavy atom. The first-order chi connectivity index (χ1) is 16.4. The van der Waals surface area contributed by atoms with Crippen molar-refractivity contribution in [1.29, 1.82) is 0 Å². The van der Waals surface area contributed by atoms with Crippen LogP contribution in [-0.2, 0) is 11.3 Å². The van der Waals surface area contributed by atoms with E-state index in [0.717, 1.165) is 43.5 Å². The van der Waals surface area contributed by atoms with Crippen molar-refractivity contribution in [1.82, 2.24) is 19.2 Å². The van der Waals surface area contributed by atoms with Gasteiger partial charge in [0.25, 0.3) is 11.5 Å². The molecule has 2 aliphatic rings. The van der Waals surface area contributed by atoms with E-state index in [0.29, 0.717) is 26.3 Å². The molecule has 0 spiro atoms. The molecule has 5 rings (SSSR count). The van der Waals surface area contributed by atoms with Gasteiger partial charge >= 0.3 is 0 Å². The van der Waals surface area contributed by atoms with E-state index < -0.39 is 0 Å². The topological polar surface area (TPSA) is 61.2 Å². The Morgan fingerprint density at radius 3 is 2.56 bits per heavy atom. The van der Waals surface area contributed by atoms with Gasteiger partial charge in [0.15, 0.2) is 0 Å². The molecule has 2 saturated heterocycles. The predicted octanol–water partition coefficient (Wildman–Crippen LogP) is 2.99. The zero-order valence-electron chi connectivity index (χ0n) is 18.5. The average molecular weight is 496 g/mol. The second-order valence-corrected chi connectivity index (χ2v) is 9.94. The maximum absolute atomic E-state index is 13.5. The van der Waals surface area contributed by atoms with Crippen molar-refractivity contribution >= 4 is 51.7 Å². The SMILES string of the molecule is CN1CCN(c2nc3ccccn3c(=O)c2/C=C2/SC(=S)N(Cc3ccc(F)cc3)C2=O)CC1. The van der Waals surface area contributed by atoms with Crippen molar-refractivity contribution in [3.05, 3.63) is 80.9 Å². The van der Waals surface area contributed by atoms with Crippen molar-refractivity contribution in [2.24, 2.45) is 0 Å². The van der Waals surface area contributed by atoms with E-state index in [9.17, 15) is 14.0 Å². The van der Waals surface area contributed by atoms with Gasteiger partial charge in [-0.05, 0) is 43.0 Å². The molecule has 0 bridgehead atoms. The number of hydrogen-bond donors (Lipinski definition) is 0. The number of benzene rings is 1. The lowest BCUT2D eigenvalue weighted by Gasteiger charge is -2.34. The molecular formula is C24H22FN5O2S2. The van der Waals surface area contributed by atoms with Crippen molar-refractivity contribution in [2.75, 3.05) is 38.1 Å². The largest absolute Gasteiger partial charge is 0.353 e. The van der Waals surface area contributed by atoms with Gasteiger partial charge in [0.1, 0.15) is 21.6 Å². The Morgan fingerprint density at radius 1 is 1.09 bits per heavy atom. The maximum atomic E-state index is 13.5. The number of carbonyl (C=O) groups excluding carboxylic acids is 1. The number of thiocarbonyl (C=S) groups is 1. The molecule has 2 aliphatic heterocycles. The van der Waals surface area contributed by atoms with Crippen molar-refractivity contribution in [2.45, 2.75) is 6.54 Å². The molecule has 7 nitrogen and oxygen atoms in total. The van der Waals surface area contributed by atoms with Crippen LogP contribution in [0.4, 0.5) is 10.2 Å². The number of likely N-dealkylation sites (N-methyl/N-ethyl adjacent to an activating group) is 1. The van der Waals surface area contributed by atoms with E-state index in [-0.39, 0.29) is 23.8 Å². The number of hydrogen-bond acceptors (Lipinski definition) is 7. The van der Waals surface area contributed by atoms with Gasteiger partial charge in [-0.1, -0.05) is 42.2 Å². The fourth-order valence-electron chi connectivity index (χ4n) is 4.02. The Labute approximate surface area is 205 Å². The number of anilines is 1. The van der Waals surface area contributed by atoms with Crippen LogP contribution in [0.15, 0.2) is 58.4 Å². The molecule has 34 heavy (non-hydrogen) atoms. The highest BCUT2D eigenvalue weighted by atomic mass is 32.2. The highest BCUT2D eigenvalue weighted by molar-refractivity contribution is 8.26. The van der Waals surface area contributed by atoms with Crippen LogP contribution in [0.5, 0.6) is 0 Å². The van der Waals surface area contributed by atoms with E-state index in [1.165, 1.54) is 21.4 Å². The molecule has 0 saturated carbocycles. The summed E-state index contributed by atoms with van der Waals surface area (Å²) in [7, 11) is 2.06. The van der Waals surface area contributed by atoms with Gasteiger partial charge in [-0.3, -0.25) is 18.9 Å². The minimum Gasteiger partial charge on any atom is -0.353 e. The first kappa shape index (κ1) is 22.7. The summed E-state index contributed by atoms with van der Waals surface area (Å²) in [5.74, 6) is -0.0379. The Kier molecular flexibility index (Phi) is 6.20. The standard InChI is InChI=1S/C24H22FN5O2S2/c1-27-10-12-28(13-11-27)21-18(22(31)29-9-3-2-4-20(29)26-21)14-19-23(32)30(24(33)34-19)15-16-5-7-17(25)8-6-16/h2-9,14H,10-13,15H2,1H3/b19-14+. The number of thioether (sulfide) groups is 1. The number of pyridine rings is 1. The minimum absolute atomic E-state index is 0.233. The molecule has 0 atom stereocenters. The zero-order valence-corrected chi connectivity index (χ0v) is 20.1. The Hall–Kier alpha value is -3.08. The summed E-state index contributed by atoms with van der Waals surface area (Å²) in [6.45, 7) is 3.42. The summed E-state index contributed by atoms with van der Waals surface area (Å²) in [6.07, 6.45) is 3.29. The minimum atomic E-state index is -0.338. The van der Waals surface area contributed by atoms with Gasteiger partial charge in [-0.25, -0.2) is 9.37 Å². The van der Waals surface area contributed by atoms with Gasteiger partial charge in [-0.15, -0.1) is 0 Å². The molecule has 174 valence electrons. The van der Waals surface area contributed by atoms with E-state index >= 15 is 0 Å². The average Bonchev–Trinajstić information content (AvgIpc) is 3.10. The summed E-state index contributed by atoms with van der Waals surface area (Å²) >= 11 is 6.62. The molecule has 0 aliphatic carbocycles. The van der Waals surface area contributed by atoms with Gasteiger partial charge < -0.3 is 9.80 Å². The number of piperazine rings is 1. The third-order valence-electron chi connectivity index (χ3n) is 5.95. The summed E-state index contributed by atoms with van der Waals surface area (Å²) in [5, 5.41) is 0. The molecule has 0 unspecified atom stereocenters. The predicted molar refractivity (Wildman–Crippen MR) is 136 cm³/mol. The summed E-state index contributed by atoms with van der Waals surface area (Å²) in [4.78, 5) is 37.7.